The summed E-state index contributed by atoms with van der Waals surface area (Å²) in [4.78, 5) is 56.0. The standard InChI is InChI=1S/C25H42O9/c1-13-22(5,6)15-17(3)19(26)31-33-24(9,10)29-21(28)30-25(11,12)34-32-20(27)18(4)16-23(7,8)14-2/h15-16H,13-14H2,1-12H3/b17-15-,18-16-. The van der Waals surface area contributed by atoms with Crippen LogP contribution in [0, 0.1) is 10.8 Å². The minimum absolute atomic E-state index is 0.186. The second-order valence-electron chi connectivity index (χ2n) is 10.5. The molecule has 0 fully saturated rings. The van der Waals surface area contributed by atoms with Crippen LogP contribution in [0.25, 0.3) is 0 Å². The van der Waals surface area contributed by atoms with Crippen LogP contribution in [-0.4, -0.2) is 29.7 Å². The van der Waals surface area contributed by atoms with Gasteiger partial charge in [0, 0.05) is 38.8 Å². The van der Waals surface area contributed by atoms with Gasteiger partial charge in [0.2, 0.25) is 0 Å². The minimum atomic E-state index is -1.66. The van der Waals surface area contributed by atoms with Crippen molar-refractivity contribution in [3.63, 3.8) is 0 Å². The quantitative estimate of drug-likeness (QED) is 0.103. The Kier molecular flexibility index (Phi) is 11.5. The number of carbonyl (C=O) groups excluding carboxylic acids is 3. The van der Waals surface area contributed by atoms with Gasteiger partial charge in [-0.3, -0.25) is 9.78 Å². The average Bonchev–Trinajstić information content (AvgIpc) is 2.68. The van der Waals surface area contributed by atoms with E-state index < -0.39 is 29.7 Å². The van der Waals surface area contributed by atoms with Crippen molar-refractivity contribution in [3.8, 4) is 0 Å². The van der Waals surface area contributed by atoms with E-state index in [1.165, 1.54) is 27.7 Å². The fourth-order valence-electron chi connectivity index (χ4n) is 2.36. The molecule has 9 heteroatoms. The molecule has 0 N–H and O–H groups in total. The Labute approximate surface area is 203 Å². The van der Waals surface area contributed by atoms with E-state index in [0.29, 0.717) is 11.1 Å². The molecule has 9 nitrogen and oxygen atoms in total. The molecule has 0 atom stereocenters. The van der Waals surface area contributed by atoms with Gasteiger partial charge in [-0.2, -0.15) is 0 Å². The van der Waals surface area contributed by atoms with Gasteiger partial charge in [-0.05, 0) is 37.5 Å². The first-order chi connectivity index (χ1) is 15.2. The fourth-order valence-corrected chi connectivity index (χ4v) is 2.36. The van der Waals surface area contributed by atoms with E-state index >= 15 is 0 Å². The lowest BCUT2D eigenvalue weighted by Gasteiger charge is -2.27. The molecule has 0 aliphatic rings. The Hall–Kier alpha value is -2.39. The second-order valence-corrected chi connectivity index (χ2v) is 10.5. The van der Waals surface area contributed by atoms with Gasteiger partial charge in [-0.25, -0.2) is 14.4 Å². The number of hydrogen-bond acceptors (Lipinski definition) is 9. The molecule has 0 amide bonds. The lowest BCUT2D eigenvalue weighted by Crippen LogP contribution is -2.38. The molecule has 0 bridgehead atoms. The molecule has 0 aromatic rings. The molecule has 0 spiro atoms. The lowest BCUT2D eigenvalue weighted by molar-refractivity contribution is -0.397. The van der Waals surface area contributed by atoms with Gasteiger partial charge in [0.05, 0.1) is 0 Å². The average molecular weight is 487 g/mol. The van der Waals surface area contributed by atoms with Crippen LogP contribution in [0.5, 0.6) is 0 Å². The minimum Gasteiger partial charge on any atom is -0.398 e. The van der Waals surface area contributed by atoms with E-state index in [-0.39, 0.29) is 10.8 Å². The highest BCUT2D eigenvalue weighted by Gasteiger charge is 2.34. The first-order valence-corrected chi connectivity index (χ1v) is 11.4. The van der Waals surface area contributed by atoms with Crippen LogP contribution in [0.2, 0.25) is 0 Å². The molecule has 0 rings (SSSR count). The van der Waals surface area contributed by atoms with E-state index in [9.17, 15) is 14.4 Å². The van der Waals surface area contributed by atoms with E-state index in [4.69, 9.17) is 29.0 Å². The molecular weight excluding hydrogens is 444 g/mol. The van der Waals surface area contributed by atoms with Crippen LogP contribution >= 0.6 is 0 Å². The third-order valence-electron chi connectivity index (χ3n) is 4.98. The van der Waals surface area contributed by atoms with Crippen LogP contribution < -0.4 is 0 Å². The topological polar surface area (TPSA) is 107 Å². The maximum absolute atomic E-state index is 12.2. The highest BCUT2D eigenvalue weighted by molar-refractivity contribution is 5.87. The van der Waals surface area contributed by atoms with E-state index in [2.05, 4.69) is 0 Å². The molecule has 0 saturated carbocycles. The maximum Gasteiger partial charge on any atom is 0.513 e. The Morgan fingerprint density at radius 3 is 1.18 bits per heavy atom. The third kappa shape index (κ3) is 12.7. The summed E-state index contributed by atoms with van der Waals surface area (Å²) in [5.41, 5.74) is 0.338. The zero-order valence-corrected chi connectivity index (χ0v) is 22.7. The molecule has 196 valence electrons. The number of allylic oxidation sites excluding steroid dienone is 2. The summed E-state index contributed by atoms with van der Waals surface area (Å²) >= 11 is 0. The molecule has 0 aromatic carbocycles. The third-order valence-corrected chi connectivity index (χ3v) is 4.98. The summed E-state index contributed by atoms with van der Waals surface area (Å²) < 4.78 is 10.1. The van der Waals surface area contributed by atoms with Crippen LogP contribution in [0.1, 0.15) is 95.9 Å². The van der Waals surface area contributed by atoms with Crippen molar-refractivity contribution in [1.82, 2.24) is 0 Å². The molecule has 0 radical (unpaired) electrons. The fraction of sp³-hybridized carbons (Fsp3) is 0.720. The van der Waals surface area contributed by atoms with Gasteiger partial charge in [0.25, 0.3) is 11.6 Å². The molecule has 0 saturated heterocycles. The molecule has 0 aromatic heterocycles. The van der Waals surface area contributed by atoms with Gasteiger partial charge < -0.3 is 9.47 Å². The van der Waals surface area contributed by atoms with Crippen molar-refractivity contribution in [2.24, 2.45) is 10.8 Å². The predicted octanol–water partition coefficient (Wildman–Crippen LogP) is 6.33. The molecular formula is C25H42O9. The van der Waals surface area contributed by atoms with Crippen molar-refractivity contribution < 1.29 is 43.4 Å². The summed E-state index contributed by atoms with van der Waals surface area (Å²) in [6.07, 6.45) is 4.03. The van der Waals surface area contributed by atoms with Crippen LogP contribution in [0.4, 0.5) is 4.79 Å². The number of rotatable bonds is 12. The SMILES string of the molecule is CCC(C)(C)/C=C(/C)C(=O)OOC(C)(C)OC(=O)OC(C)(C)OOC(=O)/C(C)=C\C(C)(C)CC. The first kappa shape index (κ1) is 31.6. The molecule has 34 heavy (non-hydrogen) atoms. The Balaban J connectivity index is 4.83. The van der Waals surface area contributed by atoms with Gasteiger partial charge in [0.15, 0.2) is 0 Å². The number of carbonyl (C=O) groups is 3. The zero-order chi connectivity index (χ0) is 27.0. The van der Waals surface area contributed by atoms with Gasteiger partial charge in [-0.1, -0.05) is 53.7 Å². The van der Waals surface area contributed by atoms with Crippen molar-refractivity contribution in [2.75, 3.05) is 0 Å². The predicted molar refractivity (Wildman–Crippen MR) is 126 cm³/mol. The maximum atomic E-state index is 12.2. The highest BCUT2D eigenvalue weighted by Crippen LogP contribution is 2.25. The highest BCUT2D eigenvalue weighted by atomic mass is 17.3. The monoisotopic (exact) mass is 486 g/mol. The summed E-state index contributed by atoms with van der Waals surface area (Å²) in [5, 5.41) is 0. The first-order valence-electron chi connectivity index (χ1n) is 11.4. The summed E-state index contributed by atoms with van der Waals surface area (Å²) in [6.45, 7) is 20.6. The number of hydrogen-bond donors (Lipinski definition) is 0. The van der Waals surface area contributed by atoms with Gasteiger partial charge in [-0.15, -0.1) is 9.78 Å². The summed E-state index contributed by atoms with van der Waals surface area (Å²) in [5.74, 6) is -4.75. The summed E-state index contributed by atoms with van der Waals surface area (Å²) in [7, 11) is 0. The Morgan fingerprint density at radius 1 is 0.618 bits per heavy atom. The van der Waals surface area contributed by atoms with Crippen LogP contribution in [0.15, 0.2) is 23.3 Å². The van der Waals surface area contributed by atoms with Crippen LogP contribution in [-0.2, 0) is 38.6 Å². The Bertz CT molecular complexity index is 722. The molecule has 0 heterocycles. The normalized spacial score (nSPS) is 13.9. The second kappa shape index (κ2) is 12.4. The van der Waals surface area contributed by atoms with Gasteiger partial charge >= 0.3 is 18.1 Å². The Morgan fingerprint density at radius 2 is 0.912 bits per heavy atom. The van der Waals surface area contributed by atoms with E-state index in [0.717, 1.165) is 12.8 Å². The molecule has 0 aliphatic carbocycles. The van der Waals surface area contributed by atoms with Crippen molar-refractivity contribution in [2.45, 2.75) is 108 Å². The van der Waals surface area contributed by atoms with E-state index in [1.807, 2.05) is 41.5 Å². The van der Waals surface area contributed by atoms with Crippen molar-refractivity contribution in [1.29, 1.82) is 0 Å². The largest absolute Gasteiger partial charge is 0.513 e. The molecule has 0 aliphatic heterocycles. The molecule has 0 unspecified atom stereocenters. The smallest absolute Gasteiger partial charge is 0.398 e. The van der Waals surface area contributed by atoms with Crippen LogP contribution in [0.3, 0.4) is 0 Å². The van der Waals surface area contributed by atoms with E-state index in [1.54, 1.807) is 26.0 Å². The van der Waals surface area contributed by atoms with Gasteiger partial charge in [0.1, 0.15) is 0 Å². The van der Waals surface area contributed by atoms with Crippen molar-refractivity contribution >= 4 is 18.1 Å². The van der Waals surface area contributed by atoms with Crippen molar-refractivity contribution in [3.05, 3.63) is 23.3 Å². The zero-order valence-electron chi connectivity index (χ0n) is 22.7. The number of ether oxygens (including phenoxy) is 2. The lowest BCUT2D eigenvalue weighted by atomic mass is 9.88. The summed E-state index contributed by atoms with van der Waals surface area (Å²) in [6, 6.07) is 0.